The van der Waals surface area contributed by atoms with Gasteiger partial charge in [0.15, 0.2) is 0 Å². The number of methoxy groups -OCH3 is 2. The van der Waals surface area contributed by atoms with Gasteiger partial charge in [0.1, 0.15) is 5.03 Å². The molecule has 1 rings (SSSR count). The first kappa shape index (κ1) is 12.1. The summed E-state index contributed by atoms with van der Waals surface area (Å²) in [7, 11) is 3.12. The molecule has 1 heterocycles. The van der Waals surface area contributed by atoms with Crippen LogP contribution in [0.5, 0.6) is 11.9 Å². The number of aromatic nitrogens is 2. The van der Waals surface area contributed by atoms with E-state index in [0.29, 0.717) is 11.9 Å². The molecule has 0 fully saturated rings. The highest BCUT2D eigenvalue weighted by Crippen LogP contribution is 2.32. The summed E-state index contributed by atoms with van der Waals surface area (Å²) in [5, 5.41) is 0.853. The molecule has 0 saturated carbocycles. The maximum absolute atomic E-state index is 5.07. The smallest absolute Gasteiger partial charge is 0.320 e. The van der Waals surface area contributed by atoms with Gasteiger partial charge in [-0.15, -0.1) is 11.8 Å². The molecule has 0 aliphatic carbocycles. The number of rotatable bonds is 3. The second-order valence-electron chi connectivity index (χ2n) is 3.95. The number of ether oxygens (including phenoxy) is 2. The molecule has 0 aliphatic rings. The van der Waals surface area contributed by atoms with Gasteiger partial charge in [-0.05, 0) is 0 Å². The Morgan fingerprint density at radius 3 is 2.27 bits per heavy atom. The summed E-state index contributed by atoms with van der Waals surface area (Å²) in [5.41, 5.74) is 0. The Bertz CT molecular complexity index is 314. The van der Waals surface area contributed by atoms with E-state index in [1.165, 1.54) is 0 Å². The van der Waals surface area contributed by atoms with Gasteiger partial charge in [0.2, 0.25) is 5.88 Å². The number of thioether (sulfide) groups is 1. The van der Waals surface area contributed by atoms with Gasteiger partial charge in [-0.3, -0.25) is 0 Å². The fraction of sp³-hybridized carbons (Fsp3) is 0.600. The lowest BCUT2D eigenvalue weighted by Crippen LogP contribution is -2.08. The molecule has 15 heavy (non-hydrogen) atoms. The first-order chi connectivity index (χ1) is 6.94. The van der Waals surface area contributed by atoms with Gasteiger partial charge < -0.3 is 9.47 Å². The van der Waals surface area contributed by atoms with Crippen molar-refractivity contribution >= 4 is 11.8 Å². The molecule has 4 nitrogen and oxygen atoms in total. The molecule has 0 amide bonds. The third kappa shape index (κ3) is 3.95. The third-order valence-electron chi connectivity index (χ3n) is 1.46. The fourth-order valence-corrected chi connectivity index (χ4v) is 1.86. The maximum Gasteiger partial charge on any atom is 0.320 e. The van der Waals surface area contributed by atoms with Crippen molar-refractivity contribution in [1.82, 2.24) is 9.97 Å². The van der Waals surface area contributed by atoms with Crippen LogP contribution < -0.4 is 9.47 Å². The lowest BCUT2D eigenvalue weighted by atomic mass is 10.3. The largest absolute Gasteiger partial charge is 0.481 e. The zero-order valence-corrected chi connectivity index (χ0v) is 10.5. The molecule has 84 valence electrons. The van der Waals surface area contributed by atoms with Crippen molar-refractivity contribution < 1.29 is 9.47 Å². The molecular formula is C10H16N2O2S. The van der Waals surface area contributed by atoms with E-state index in [9.17, 15) is 0 Å². The van der Waals surface area contributed by atoms with Crippen LogP contribution in [0.15, 0.2) is 11.1 Å². The lowest BCUT2D eigenvalue weighted by molar-refractivity contribution is 0.347. The maximum atomic E-state index is 5.07. The molecule has 0 N–H and O–H groups in total. The van der Waals surface area contributed by atoms with E-state index >= 15 is 0 Å². The molecule has 0 aliphatic heterocycles. The monoisotopic (exact) mass is 228 g/mol. The van der Waals surface area contributed by atoms with Crippen molar-refractivity contribution in [3.05, 3.63) is 6.07 Å². The minimum absolute atomic E-state index is 0.102. The normalized spacial score (nSPS) is 11.3. The standard InChI is InChI=1S/C10H16N2O2S/c1-10(2,3)15-8-6-7(13-4)11-9(12-8)14-5/h6H,1-5H3. The summed E-state index contributed by atoms with van der Waals surface area (Å²) in [5.74, 6) is 0.522. The number of hydrogen-bond acceptors (Lipinski definition) is 5. The molecule has 0 bridgehead atoms. The van der Waals surface area contributed by atoms with Crippen molar-refractivity contribution in [1.29, 1.82) is 0 Å². The molecule has 0 aromatic carbocycles. The molecule has 1 aromatic heterocycles. The van der Waals surface area contributed by atoms with E-state index in [1.54, 1.807) is 32.0 Å². The van der Waals surface area contributed by atoms with Gasteiger partial charge in [-0.1, -0.05) is 20.8 Å². The van der Waals surface area contributed by atoms with Gasteiger partial charge in [-0.25, -0.2) is 0 Å². The lowest BCUT2D eigenvalue weighted by Gasteiger charge is -2.17. The highest BCUT2D eigenvalue weighted by atomic mass is 32.2. The van der Waals surface area contributed by atoms with Crippen molar-refractivity contribution in [2.24, 2.45) is 0 Å². The topological polar surface area (TPSA) is 44.2 Å². The summed E-state index contributed by atoms with van der Waals surface area (Å²) >= 11 is 1.65. The molecule has 0 saturated heterocycles. The summed E-state index contributed by atoms with van der Waals surface area (Å²) < 4.78 is 10.2. The van der Waals surface area contributed by atoms with Crippen LogP contribution >= 0.6 is 11.8 Å². The van der Waals surface area contributed by atoms with Crippen LogP contribution in [-0.4, -0.2) is 28.9 Å². The van der Waals surface area contributed by atoms with Crippen molar-refractivity contribution in [2.75, 3.05) is 14.2 Å². The Morgan fingerprint density at radius 2 is 1.80 bits per heavy atom. The predicted octanol–water partition coefficient (Wildman–Crippen LogP) is 2.38. The van der Waals surface area contributed by atoms with Crippen LogP contribution in [0.2, 0.25) is 0 Å². The van der Waals surface area contributed by atoms with Gasteiger partial charge in [0.25, 0.3) is 0 Å². The third-order valence-corrected chi connectivity index (χ3v) is 2.49. The zero-order chi connectivity index (χ0) is 11.5. The molecule has 1 aromatic rings. The van der Waals surface area contributed by atoms with Crippen LogP contribution in [-0.2, 0) is 0 Å². The summed E-state index contributed by atoms with van der Waals surface area (Å²) in [4.78, 5) is 8.27. The first-order valence-corrected chi connectivity index (χ1v) is 5.42. The summed E-state index contributed by atoms with van der Waals surface area (Å²) in [6.07, 6.45) is 0. The Morgan fingerprint density at radius 1 is 1.13 bits per heavy atom. The SMILES string of the molecule is COc1cc(SC(C)(C)C)nc(OC)n1. The number of hydrogen-bond donors (Lipinski definition) is 0. The molecule has 5 heteroatoms. The van der Waals surface area contributed by atoms with E-state index in [2.05, 4.69) is 30.7 Å². The van der Waals surface area contributed by atoms with Crippen molar-refractivity contribution in [3.63, 3.8) is 0 Å². The minimum atomic E-state index is 0.102. The molecule has 0 radical (unpaired) electrons. The van der Waals surface area contributed by atoms with Gasteiger partial charge in [0.05, 0.1) is 14.2 Å². The van der Waals surface area contributed by atoms with E-state index in [0.717, 1.165) is 5.03 Å². The molecule has 0 atom stereocenters. The van der Waals surface area contributed by atoms with Gasteiger partial charge >= 0.3 is 6.01 Å². The molecular weight excluding hydrogens is 212 g/mol. The minimum Gasteiger partial charge on any atom is -0.481 e. The second kappa shape index (κ2) is 4.70. The Balaban J connectivity index is 2.97. The number of nitrogens with zero attached hydrogens (tertiary/aromatic N) is 2. The molecule has 0 spiro atoms. The summed E-state index contributed by atoms with van der Waals surface area (Å²) in [6, 6.07) is 2.14. The highest BCUT2D eigenvalue weighted by Gasteiger charge is 2.15. The van der Waals surface area contributed by atoms with E-state index < -0.39 is 0 Å². The zero-order valence-electron chi connectivity index (χ0n) is 9.70. The van der Waals surface area contributed by atoms with Crippen LogP contribution in [0.4, 0.5) is 0 Å². The second-order valence-corrected chi connectivity index (χ2v) is 5.80. The summed E-state index contributed by atoms with van der Waals surface area (Å²) in [6.45, 7) is 6.37. The van der Waals surface area contributed by atoms with E-state index in [1.807, 2.05) is 0 Å². The Kier molecular flexibility index (Phi) is 3.79. The average molecular weight is 228 g/mol. The van der Waals surface area contributed by atoms with E-state index in [4.69, 9.17) is 9.47 Å². The fourth-order valence-electron chi connectivity index (χ4n) is 0.946. The van der Waals surface area contributed by atoms with Crippen LogP contribution in [0, 0.1) is 0 Å². The van der Waals surface area contributed by atoms with Crippen LogP contribution in [0.1, 0.15) is 20.8 Å². The quantitative estimate of drug-likeness (QED) is 0.587. The van der Waals surface area contributed by atoms with Gasteiger partial charge in [-0.2, -0.15) is 9.97 Å². The highest BCUT2D eigenvalue weighted by molar-refractivity contribution is 8.00. The van der Waals surface area contributed by atoms with Crippen molar-refractivity contribution in [2.45, 2.75) is 30.5 Å². The average Bonchev–Trinajstić information content (AvgIpc) is 2.14. The first-order valence-electron chi connectivity index (χ1n) is 4.60. The van der Waals surface area contributed by atoms with Crippen molar-refractivity contribution in [3.8, 4) is 11.9 Å². The predicted molar refractivity (Wildman–Crippen MR) is 60.7 cm³/mol. The Hall–Kier alpha value is -0.970. The molecule has 0 unspecified atom stereocenters. The van der Waals surface area contributed by atoms with E-state index in [-0.39, 0.29) is 4.75 Å². The Labute approximate surface area is 94.4 Å². The van der Waals surface area contributed by atoms with Crippen LogP contribution in [0.3, 0.4) is 0 Å². The van der Waals surface area contributed by atoms with Gasteiger partial charge in [0, 0.05) is 10.8 Å². The van der Waals surface area contributed by atoms with Crippen LogP contribution in [0.25, 0.3) is 0 Å².